The van der Waals surface area contributed by atoms with Crippen LogP contribution in [0.4, 0.5) is 0 Å². The smallest absolute Gasteiger partial charge is 0.326 e. The van der Waals surface area contributed by atoms with Gasteiger partial charge in [0.1, 0.15) is 12.1 Å². The van der Waals surface area contributed by atoms with Gasteiger partial charge in [0.25, 0.3) is 0 Å². The molecule has 0 unspecified atom stereocenters. The number of nitrogens with one attached hydrogen (secondary N) is 4. The second-order valence-corrected chi connectivity index (χ2v) is 8.20. The molecule has 2 heterocycles. The number of unbranched alkanes of at least 4 members (excludes halogenated alkanes) is 1. The summed E-state index contributed by atoms with van der Waals surface area (Å²) in [7, 11) is 0. The number of carboxylic acids is 1. The molecule has 2 aromatic heterocycles. The van der Waals surface area contributed by atoms with E-state index in [1.807, 2.05) is 24.3 Å². The number of para-hydroxylation sites is 1. The zero-order valence-electron chi connectivity index (χ0n) is 18.8. The topological polar surface area (TPSA) is 192 Å². The Kier molecular flexibility index (Phi) is 8.77. The number of benzene rings is 1. The molecule has 0 aliphatic rings. The zero-order valence-corrected chi connectivity index (χ0v) is 18.8. The number of H-pyrrole nitrogens is 2. The standard InChI is InChI=1S/C23H31N7O4/c24-8-4-3-6-17(25)21(31)29-19(9-14-11-27-18-7-2-1-5-16(14)18)22(32)30-20(23(33)34)10-15-12-26-13-28-15/h1-2,5,7,11-13,17,19-20,27H,3-4,6,8-10,24-25H2,(H,26,28)(H,29,31)(H,30,32)(H,33,34)/t17-,19-,20-/m0/s1. The monoisotopic (exact) mass is 469 g/mol. The van der Waals surface area contributed by atoms with Crippen LogP contribution in [0.15, 0.2) is 43.0 Å². The third-order valence-electron chi connectivity index (χ3n) is 5.63. The van der Waals surface area contributed by atoms with E-state index in [0.29, 0.717) is 25.1 Å². The van der Waals surface area contributed by atoms with Crippen LogP contribution in [-0.4, -0.2) is 62.5 Å². The number of aliphatic carboxylic acids is 1. The summed E-state index contributed by atoms with van der Waals surface area (Å²) in [5.74, 6) is -2.28. The Morgan fingerprint density at radius 2 is 1.79 bits per heavy atom. The van der Waals surface area contributed by atoms with Crippen LogP contribution in [0.3, 0.4) is 0 Å². The summed E-state index contributed by atoms with van der Waals surface area (Å²) in [6.45, 7) is 0.507. The third-order valence-corrected chi connectivity index (χ3v) is 5.63. The molecule has 182 valence electrons. The molecule has 0 radical (unpaired) electrons. The molecule has 11 nitrogen and oxygen atoms in total. The van der Waals surface area contributed by atoms with E-state index in [4.69, 9.17) is 11.5 Å². The Morgan fingerprint density at radius 3 is 2.50 bits per heavy atom. The van der Waals surface area contributed by atoms with Gasteiger partial charge in [0, 0.05) is 41.8 Å². The second kappa shape index (κ2) is 12.0. The van der Waals surface area contributed by atoms with E-state index < -0.39 is 35.9 Å². The first-order chi connectivity index (χ1) is 16.4. The molecule has 0 aliphatic heterocycles. The van der Waals surface area contributed by atoms with Gasteiger partial charge < -0.3 is 37.2 Å². The minimum absolute atomic E-state index is 0.0213. The summed E-state index contributed by atoms with van der Waals surface area (Å²) in [6, 6.07) is 4.57. The van der Waals surface area contributed by atoms with E-state index in [0.717, 1.165) is 22.9 Å². The van der Waals surface area contributed by atoms with Crippen LogP contribution in [0.5, 0.6) is 0 Å². The normalized spacial score (nSPS) is 13.8. The van der Waals surface area contributed by atoms with Crippen molar-refractivity contribution in [3.63, 3.8) is 0 Å². The number of hydrogen-bond acceptors (Lipinski definition) is 6. The predicted molar refractivity (Wildman–Crippen MR) is 127 cm³/mol. The van der Waals surface area contributed by atoms with Crippen LogP contribution in [0.1, 0.15) is 30.5 Å². The SMILES string of the molecule is NCCCC[C@H](N)C(=O)N[C@@H](Cc1c[nH]c2ccccc12)C(=O)N[C@@H](Cc1cnc[nH]1)C(=O)O. The van der Waals surface area contributed by atoms with Crippen molar-refractivity contribution in [2.24, 2.45) is 11.5 Å². The number of carbonyl (C=O) groups is 3. The number of aromatic nitrogens is 3. The number of fused-ring (bicyclic) bond motifs is 1. The van der Waals surface area contributed by atoms with Gasteiger partial charge in [0.15, 0.2) is 0 Å². The third kappa shape index (κ3) is 6.65. The molecule has 1 aromatic carbocycles. The van der Waals surface area contributed by atoms with Gasteiger partial charge in [0.2, 0.25) is 11.8 Å². The maximum atomic E-state index is 13.2. The molecule has 3 rings (SSSR count). The van der Waals surface area contributed by atoms with Gasteiger partial charge in [-0.3, -0.25) is 9.59 Å². The van der Waals surface area contributed by atoms with Gasteiger partial charge in [-0.2, -0.15) is 0 Å². The molecule has 0 spiro atoms. The van der Waals surface area contributed by atoms with Crippen molar-refractivity contribution < 1.29 is 19.5 Å². The van der Waals surface area contributed by atoms with Crippen LogP contribution in [-0.2, 0) is 27.2 Å². The van der Waals surface area contributed by atoms with Gasteiger partial charge in [0.05, 0.1) is 12.4 Å². The number of aromatic amines is 2. The van der Waals surface area contributed by atoms with Crippen molar-refractivity contribution in [2.45, 2.75) is 50.2 Å². The Labute approximate surface area is 196 Å². The molecule has 11 heteroatoms. The molecule has 0 saturated carbocycles. The van der Waals surface area contributed by atoms with Crippen molar-refractivity contribution in [3.8, 4) is 0 Å². The van der Waals surface area contributed by atoms with Crippen LogP contribution in [0, 0.1) is 0 Å². The highest BCUT2D eigenvalue weighted by Gasteiger charge is 2.29. The van der Waals surface area contributed by atoms with Gasteiger partial charge >= 0.3 is 5.97 Å². The van der Waals surface area contributed by atoms with Crippen LogP contribution < -0.4 is 22.1 Å². The molecule has 9 N–H and O–H groups in total. The number of hydrogen-bond donors (Lipinski definition) is 7. The first-order valence-electron chi connectivity index (χ1n) is 11.2. The molecule has 2 amide bonds. The first kappa shape index (κ1) is 24.9. The highest BCUT2D eigenvalue weighted by molar-refractivity contribution is 5.93. The molecule has 0 bridgehead atoms. The van der Waals surface area contributed by atoms with E-state index in [-0.39, 0.29) is 12.8 Å². The average Bonchev–Trinajstić information content (AvgIpc) is 3.48. The highest BCUT2D eigenvalue weighted by Crippen LogP contribution is 2.19. The molecule has 3 atom stereocenters. The van der Waals surface area contributed by atoms with E-state index in [1.54, 1.807) is 6.20 Å². The summed E-state index contributed by atoms with van der Waals surface area (Å²) in [5.41, 5.74) is 13.8. The number of rotatable bonds is 13. The lowest BCUT2D eigenvalue weighted by molar-refractivity contribution is -0.142. The molecule has 0 aliphatic carbocycles. The first-order valence-corrected chi connectivity index (χ1v) is 11.2. The Morgan fingerprint density at radius 1 is 1.03 bits per heavy atom. The number of nitrogens with zero attached hydrogens (tertiary/aromatic N) is 1. The molecule has 3 aromatic rings. The van der Waals surface area contributed by atoms with Gasteiger partial charge in [-0.05, 0) is 31.0 Å². The second-order valence-electron chi connectivity index (χ2n) is 8.20. The quantitative estimate of drug-likeness (QED) is 0.174. The maximum absolute atomic E-state index is 13.2. The van der Waals surface area contributed by atoms with E-state index in [9.17, 15) is 19.5 Å². The summed E-state index contributed by atoms with van der Waals surface area (Å²) < 4.78 is 0. The Hall–Kier alpha value is -3.70. The maximum Gasteiger partial charge on any atom is 0.326 e. The minimum Gasteiger partial charge on any atom is -0.480 e. The number of amides is 2. The number of imidazole rings is 1. The largest absolute Gasteiger partial charge is 0.480 e. The van der Waals surface area contributed by atoms with Crippen molar-refractivity contribution in [1.82, 2.24) is 25.6 Å². The van der Waals surface area contributed by atoms with Crippen LogP contribution in [0.25, 0.3) is 10.9 Å². The fraction of sp³-hybridized carbons (Fsp3) is 0.391. The van der Waals surface area contributed by atoms with Crippen molar-refractivity contribution in [3.05, 3.63) is 54.2 Å². The molecule has 34 heavy (non-hydrogen) atoms. The van der Waals surface area contributed by atoms with Gasteiger partial charge in [-0.1, -0.05) is 24.6 Å². The van der Waals surface area contributed by atoms with Crippen molar-refractivity contribution in [1.29, 1.82) is 0 Å². The summed E-state index contributed by atoms with van der Waals surface area (Å²) in [5, 5.41) is 15.8. The van der Waals surface area contributed by atoms with Crippen LogP contribution in [0.2, 0.25) is 0 Å². The molecular formula is C23H31N7O4. The molecule has 0 saturated heterocycles. The molecular weight excluding hydrogens is 438 g/mol. The lowest BCUT2D eigenvalue weighted by Gasteiger charge is -2.23. The lowest BCUT2D eigenvalue weighted by atomic mass is 10.0. The average molecular weight is 470 g/mol. The highest BCUT2D eigenvalue weighted by atomic mass is 16.4. The molecule has 0 fully saturated rings. The summed E-state index contributed by atoms with van der Waals surface area (Å²) in [4.78, 5) is 47.5. The zero-order chi connectivity index (χ0) is 24.5. The fourth-order valence-corrected chi connectivity index (χ4v) is 3.74. The minimum atomic E-state index is -1.20. The van der Waals surface area contributed by atoms with E-state index in [2.05, 4.69) is 25.6 Å². The predicted octanol–water partition coefficient (Wildman–Crippen LogP) is 0.187. The summed E-state index contributed by atoms with van der Waals surface area (Å²) in [6.07, 6.45) is 6.75. The van der Waals surface area contributed by atoms with Gasteiger partial charge in [-0.25, -0.2) is 9.78 Å². The van der Waals surface area contributed by atoms with E-state index in [1.165, 1.54) is 12.5 Å². The Balaban J connectivity index is 1.77. The fourth-order valence-electron chi connectivity index (χ4n) is 3.74. The van der Waals surface area contributed by atoms with Crippen molar-refractivity contribution >= 4 is 28.7 Å². The van der Waals surface area contributed by atoms with Crippen LogP contribution >= 0.6 is 0 Å². The van der Waals surface area contributed by atoms with Crippen molar-refractivity contribution in [2.75, 3.05) is 6.54 Å². The lowest BCUT2D eigenvalue weighted by Crippen LogP contribution is -2.55. The number of carbonyl (C=O) groups excluding carboxylic acids is 2. The Bertz CT molecular complexity index is 1100. The number of nitrogens with two attached hydrogens (primary N) is 2. The number of carboxylic acid groups (broad SMARTS) is 1. The summed E-state index contributed by atoms with van der Waals surface area (Å²) >= 11 is 0. The van der Waals surface area contributed by atoms with Gasteiger partial charge in [-0.15, -0.1) is 0 Å². The van der Waals surface area contributed by atoms with E-state index >= 15 is 0 Å².